The van der Waals surface area contributed by atoms with Crippen LogP contribution in [0.15, 0.2) is 0 Å². The molecule has 226 valence electrons. The molecule has 7 unspecified atom stereocenters. The number of β-amino-alcohol motifs (C(OH)–C–C–N with tert-alkyl or cyclic N) is 1. The van der Waals surface area contributed by atoms with E-state index in [0.717, 1.165) is 0 Å². The molecule has 16 N–H and O–H groups in total. The van der Waals surface area contributed by atoms with Crippen molar-refractivity contribution in [2.24, 2.45) is 22.9 Å². The minimum atomic E-state index is -1.78. The van der Waals surface area contributed by atoms with Crippen LogP contribution in [-0.2, 0) is 23.7 Å². The van der Waals surface area contributed by atoms with E-state index in [0.29, 0.717) is 12.8 Å². The number of aliphatic hydroxyl groups excluding tert-OH is 4. The predicted molar refractivity (Wildman–Crippen MR) is 132 cm³/mol. The van der Waals surface area contributed by atoms with Crippen LogP contribution in [0.4, 0.5) is 0 Å². The molecule has 0 spiro atoms. The van der Waals surface area contributed by atoms with E-state index in [1.165, 1.54) is 0 Å². The number of nitrogens with two attached hydrogens (primary N) is 4. The smallest absolute Gasteiger partial charge is 0.255 e. The van der Waals surface area contributed by atoms with Gasteiger partial charge < -0.3 is 72.7 Å². The van der Waals surface area contributed by atoms with Crippen molar-refractivity contribution in [3.8, 4) is 0 Å². The van der Waals surface area contributed by atoms with Gasteiger partial charge in [-0.25, -0.2) is 0 Å². The molecular formula is C22H43N7O10. The maximum Gasteiger partial charge on any atom is 0.255 e. The molecule has 17 heteroatoms. The van der Waals surface area contributed by atoms with Crippen molar-refractivity contribution in [3.63, 3.8) is 0 Å². The van der Waals surface area contributed by atoms with Crippen molar-refractivity contribution in [2.75, 3.05) is 26.2 Å². The van der Waals surface area contributed by atoms with Gasteiger partial charge in [-0.3, -0.25) is 15.6 Å². The van der Waals surface area contributed by atoms with E-state index in [1.54, 1.807) is 0 Å². The fourth-order valence-electron chi connectivity index (χ4n) is 5.40. The van der Waals surface area contributed by atoms with Crippen molar-refractivity contribution in [3.05, 3.63) is 0 Å². The van der Waals surface area contributed by atoms with Crippen LogP contribution in [0.25, 0.3) is 0 Å². The molecule has 39 heavy (non-hydrogen) atoms. The average molecular weight is 566 g/mol. The van der Waals surface area contributed by atoms with E-state index >= 15 is 0 Å². The van der Waals surface area contributed by atoms with Crippen molar-refractivity contribution < 1.29 is 49.3 Å². The highest BCUT2D eigenvalue weighted by molar-refractivity contribution is 5.86. The van der Waals surface area contributed by atoms with Gasteiger partial charge in [0.05, 0.1) is 30.8 Å². The van der Waals surface area contributed by atoms with Gasteiger partial charge in [0, 0.05) is 25.7 Å². The Bertz CT molecular complexity index is 824. The highest BCUT2D eigenvalue weighted by atomic mass is 16.7. The monoisotopic (exact) mass is 565 g/mol. The summed E-state index contributed by atoms with van der Waals surface area (Å²) in [5.41, 5.74) is 27.8. The Morgan fingerprint density at radius 1 is 0.949 bits per heavy atom. The Morgan fingerprint density at radius 3 is 2.26 bits per heavy atom. The summed E-state index contributed by atoms with van der Waals surface area (Å²) < 4.78 is 23.4. The number of hydrazine groups is 1. The Balaban J connectivity index is 1.55. The second-order valence-corrected chi connectivity index (χ2v) is 10.8. The van der Waals surface area contributed by atoms with Crippen molar-refractivity contribution in [1.82, 2.24) is 16.2 Å². The van der Waals surface area contributed by atoms with E-state index in [-0.39, 0.29) is 32.2 Å². The standard InChI is InChI=1S/C22H43N7O10/c23-4-8-1-2-9(24)19(36-8)38-17-10(25)3-11(29-21(34)22(35)6-27-28-7-22)18(16(17)33)39-20-15(32)13(26)14(31)12(5-30)37-20/h8-20,27-28,30-33,35H,1-7,23-26H2,(H,29,34)/t8-,9?,10-,11+,12?,13-,14?,15?,16?,17?,18?,19+,20+/m0/s1. The fourth-order valence-corrected chi connectivity index (χ4v) is 5.40. The van der Waals surface area contributed by atoms with Crippen molar-refractivity contribution >= 4 is 5.91 Å². The molecule has 4 fully saturated rings. The third-order valence-corrected chi connectivity index (χ3v) is 7.92. The molecule has 4 aliphatic rings. The van der Waals surface area contributed by atoms with Crippen LogP contribution in [0.3, 0.4) is 0 Å². The predicted octanol–water partition coefficient (Wildman–Crippen LogP) is -7.27. The van der Waals surface area contributed by atoms with Crippen LogP contribution in [0, 0.1) is 0 Å². The molecule has 0 radical (unpaired) electrons. The average Bonchev–Trinajstić information content (AvgIpc) is 3.37. The number of aliphatic hydroxyl groups is 5. The molecule has 3 saturated heterocycles. The van der Waals surface area contributed by atoms with Crippen LogP contribution in [0.5, 0.6) is 0 Å². The quantitative estimate of drug-likeness (QED) is 0.130. The number of ether oxygens (including phenoxy) is 4. The summed E-state index contributed by atoms with van der Waals surface area (Å²) in [5, 5.41) is 55.2. The molecule has 1 saturated carbocycles. The Kier molecular flexibility index (Phi) is 10.1. The lowest BCUT2D eigenvalue weighted by Gasteiger charge is -2.48. The minimum absolute atomic E-state index is 0.0261. The van der Waals surface area contributed by atoms with Crippen LogP contribution in [0.1, 0.15) is 19.3 Å². The molecule has 0 bridgehead atoms. The van der Waals surface area contributed by atoms with Gasteiger partial charge in [0.15, 0.2) is 18.2 Å². The van der Waals surface area contributed by atoms with Gasteiger partial charge >= 0.3 is 0 Å². The molecule has 0 aromatic heterocycles. The van der Waals surface area contributed by atoms with E-state index < -0.39 is 91.5 Å². The minimum Gasteiger partial charge on any atom is -0.394 e. The summed E-state index contributed by atoms with van der Waals surface area (Å²) >= 11 is 0. The van der Waals surface area contributed by atoms with E-state index in [1.807, 2.05) is 0 Å². The fraction of sp³-hybridized carbons (Fsp3) is 0.955. The normalized spacial score (nSPS) is 46.6. The summed E-state index contributed by atoms with van der Waals surface area (Å²) in [4.78, 5) is 13.0. The molecule has 3 aliphatic heterocycles. The first kappa shape index (κ1) is 30.8. The zero-order valence-electron chi connectivity index (χ0n) is 21.5. The van der Waals surface area contributed by atoms with Gasteiger partial charge in [0.2, 0.25) is 0 Å². The molecule has 17 nitrogen and oxygen atoms in total. The molecule has 0 aromatic carbocycles. The lowest BCUT2D eigenvalue weighted by Crippen LogP contribution is -2.69. The first-order valence-electron chi connectivity index (χ1n) is 13.2. The maximum atomic E-state index is 13.0. The van der Waals surface area contributed by atoms with Gasteiger partial charge in [0.25, 0.3) is 5.91 Å². The number of amides is 1. The van der Waals surface area contributed by atoms with Gasteiger partial charge in [-0.05, 0) is 19.3 Å². The first-order chi connectivity index (χ1) is 18.5. The second kappa shape index (κ2) is 12.8. The SMILES string of the molecule is NC[C@@H]1CCC(N)[C@@H](OC2C(O)C(O[C@H]3OC(CO)C(O)[C@H](N)C3O)[C@H](NC(=O)C3(O)CNNC3)C[C@@H]2N)O1. The Morgan fingerprint density at radius 2 is 1.62 bits per heavy atom. The number of nitrogens with one attached hydrogen (secondary N) is 3. The van der Waals surface area contributed by atoms with Crippen LogP contribution in [-0.4, -0.2) is 143 Å². The summed E-state index contributed by atoms with van der Waals surface area (Å²) in [6.07, 6.45) is -9.42. The third kappa shape index (κ3) is 6.53. The molecule has 1 amide bonds. The number of hydrogen-bond donors (Lipinski definition) is 12. The van der Waals surface area contributed by atoms with Gasteiger partial charge in [-0.2, -0.15) is 0 Å². The molecule has 0 aromatic rings. The van der Waals surface area contributed by atoms with Crippen molar-refractivity contribution in [2.45, 2.75) is 104 Å². The van der Waals surface area contributed by atoms with Gasteiger partial charge in [-0.1, -0.05) is 0 Å². The zero-order chi connectivity index (χ0) is 28.5. The second-order valence-electron chi connectivity index (χ2n) is 10.8. The first-order valence-corrected chi connectivity index (χ1v) is 13.2. The number of carbonyl (C=O) groups excluding carboxylic acids is 1. The third-order valence-electron chi connectivity index (χ3n) is 7.92. The molecule has 13 atom stereocenters. The highest BCUT2D eigenvalue weighted by Crippen LogP contribution is 2.31. The number of carbonyl (C=O) groups is 1. The Hall–Kier alpha value is -1.13. The lowest BCUT2D eigenvalue weighted by atomic mass is 9.83. The molecule has 1 aliphatic carbocycles. The van der Waals surface area contributed by atoms with E-state index in [4.69, 9.17) is 41.9 Å². The number of rotatable bonds is 8. The number of hydrogen-bond acceptors (Lipinski definition) is 16. The Labute approximate surface area is 225 Å². The van der Waals surface area contributed by atoms with Crippen LogP contribution >= 0.6 is 0 Å². The lowest BCUT2D eigenvalue weighted by molar-refractivity contribution is -0.314. The van der Waals surface area contributed by atoms with Crippen LogP contribution < -0.4 is 39.1 Å². The molecular weight excluding hydrogens is 522 g/mol. The maximum absolute atomic E-state index is 13.0. The summed E-state index contributed by atoms with van der Waals surface area (Å²) in [5.74, 6) is -0.744. The van der Waals surface area contributed by atoms with Gasteiger partial charge in [-0.15, -0.1) is 0 Å². The molecule has 3 heterocycles. The van der Waals surface area contributed by atoms with E-state index in [9.17, 15) is 30.3 Å². The van der Waals surface area contributed by atoms with Crippen LogP contribution in [0.2, 0.25) is 0 Å². The zero-order valence-corrected chi connectivity index (χ0v) is 21.5. The highest BCUT2D eigenvalue weighted by Gasteiger charge is 2.52. The van der Waals surface area contributed by atoms with Crippen molar-refractivity contribution in [1.29, 1.82) is 0 Å². The van der Waals surface area contributed by atoms with Gasteiger partial charge in [0.1, 0.15) is 36.6 Å². The summed E-state index contributed by atoms with van der Waals surface area (Å²) in [6, 6.07) is -3.55. The molecule has 4 rings (SSSR count). The van der Waals surface area contributed by atoms with E-state index in [2.05, 4.69) is 16.2 Å². The largest absolute Gasteiger partial charge is 0.394 e. The summed E-state index contributed by atoms with van der Waals surface area (Å²) in [6.45, 7) is -0.483. The summed E-state index contributed by atoms with van der Waals surface area (Å²) in [7, 11) is 0. The topological polar surface area (TPSA) is 295 Å².